The first-order valence-corrected chi connectivity index (χ1v) is 11.0. The van der Waals surface area contributed by atoms with Crippen molar-refractivity contribution in [3.05, 3.63) is 65.7 Å². The van der Waals surface area contributed by atoms with E-state index in [-0.39, 0.29) is 12.2 Å². The molecule has 0 bridgehead atoms. The molecule has 0 aromatic heterocycles. The SMILES string of the molecule is O=C(O)CCc1cccc2c(-c3cc(CN4CCCCC4)ccc3OC(F)F)cccc12. The lowest BCUT2D eigenvalue weighted by Gasteiger charge is -2.26. The number of benzene rings is 3. The van der Waals surface area contributed by atoms with Crippen LogP contribution in [-0.2, 0) is 17.8 Å². The van der Waals surface area contributed by atoms with Crippen LogP contribution < -0.4 is 4.74 Å². The van der Waals surface area contributed by atoms with E-state index in [0.29, 0.717) is 12.0 Å². The van der Waals surface area contributed by atoms with Crippen molar-refractivity contribution in [3.8, 4) is 16.9 Å². The Bertz CT molecular complexity index is 1090. The third kappa shape index (κ3) is 5.25. The van der Waals surface area contributed by atoms with Crippen molar-refractivity contribution in [1.82, 2.24) is 4.90 Å². The summed E-state index contributed by atoms with van der Waals surface area (Å²) in [6.45, 7) is -0.0448. The highest BCUT2D eigenvalue weighted by Gasteiger charge is 2.17. The summed E-state index contributed by atoms with van der Waals surface area (Å²) < 4.78 is 31.2. The number of nitrogens with zero attached hydrogens (tertiary/aromatic N) is 1. The molecule has 0 radical (unpaired) electrons. The normalized spacial score (nSPS) is 14.7. The van der Waals surface area contributed by atoms with Crippen LogP contribution in [0.4, 0.5) is 8.78 Å². The third-order valence-electron chi connectivity index (χ3n) is 6.03. The molecule has 1 aliphatic rings. The van der Waals surface area contributed by atoms with E-state index in [0.717, 1.165) is 47.1 Å². The topological polar surface area (TPSA) is 49.8 Å². The van der Waals surface area contributed by atoms with Crippen LogP contribution >= 0.6 is 0 Å². The predicted octanol–water partition coefficient (Wildman–Crippen LogP) is 6.11. The van der Waals surface area contributed by atoms with E-state index in [1.54, 1.807) is 6.07 Å². The molecule has 1 fully saturated rings. The Morgan fingerprint density at radius 2 is 1.72 bits per heavy atom. The fourth-order valence-electron chi connectivity index (χ4n) is 4.53. The molecule has 4 nitrogen and oxygen atoms in total. The zero-order chi connectivity index (χ0) is 22.5. The molecule has 168 valence electrons. The largest absolute Gasteiger partial charge is 0.481 e. The van der Waals surface area contributed by atoms with Gasteiger partial charge in [0.05, 0.1) is 0 Å². The summed E-state index contributed by atoms with van der Waals surface area (Å²) in [5.74, 6) is -0.706. The molecule has 1 N–H and O–H groups in total. The maximum Gasteiger partial charge on any atom is 0.387 e. The maximum atomic E-state index is 13.2. The second kappa shape index (κ2) is 10.1. The van der Waals surface area contributed by atoms with E-state index < -0.39 is 12.6 Å². The number of carboxylic acids is 1. The highest BCUT2D eigenvalue weighted by molar-refractivity contribution is 5.99. The molecule has 4 rings (SSSR count). The third-order valence-corrected chi connectivity index (χ3v) is 6.03. The number of hydrogen-bond acceptors (Lipinski definition) is 3. The van der Waals surface area contributed by atoms with E-state index in [9.17, 15) is 13.6 Å². The number of halogens is 2. The van der Waals surface area contributed by atoms with Gasteiger partial charge >= 0.3 is 12.6 Å². The molecule has 1 saturated heterocycles. The fraction of sp³-hybridized carbons (Fsp3) is 0.346. The summed E-state index contributed by atoms with van der Waals surface area (Å²) in [5, 5.41) is 10.9. The van der Waals surface area contributed by atoms with E-state index in [1.807, 2.05) is 48.5 Å². The van der Waals surface area contributed by atoms with Crippen molar-refractivity contribution in [1.29, 1.82) is 0 Å². The van der Waals surface area contributed by atoms with Gasteiger partial charge in [-0.3, -0.25) is 9.69 Å². The Morgan fingerprint density at radius 1 is 0.969 bits per heavy atom. The summed E-state index contributed by atoms with van der Waals surface area (Å²) in [6, 6.07) is 16.9. The lowest BCUT2D eigenvalue weighted by atomic mass is 9.93. The van der Waals surface area contributed by atoms with Gasteiger partial charge in [-0.25, -0.2) is 0 Å². The zero-order valence-electron chi connectivity index (χ0n) is 17.9. The minimum Gasteiger partial charge on any atom is -0.481 e. The van der Waals surface area contributed by atoms with Gasteiger partial charge in [-0.05, 0) is 71.9 Å². The van der Waals surface area contributed by atoms with Crippen molar-refractivity contribution in [2.45, 2.75) is 45.3 Å². The van der Waals surface area contributed by atoms with Gasteiger partial charge in [-0.2, -0.15) is 8.78 Å². The Balaban J connectivity index is 1.76. The number of alkyl halides is 2. The van der Waals surface area contributed by atoms with Crippen LogP contribution in [0.1, 0.15) is 36.8 Å². The van der Waals surface area contributed by atoms with E-state index in [1.165, 1.54) is 19.3 Å². The van der Waals surface area contributed by atoms with Crippen LogP contribution in [0.3, 0.4) is 0 Å². The van der Waals surface area contributed by atoms with Crippen molar-refractivity contribution in [2.24, 2.45) is 0 Å². The maximum absolute atomic E-state index is 13.2. The summed E-state index contributed by atoms with van der Waals surface area (Å²) in [6.07, 6.45) is 4.06. The van der Waals surface area contributed by atoms with Crippen LogP contribution in [0.2, 0.25) is 0 Å². The average molecular weight is 440 g/mol. The highest BCUT2D eigenvalue weighted by Crippen LogP contribution is 2.38. The van der Waals surface area contributed by atoms with Gasteiger partial charge in [0.1, 0.15) is 5.75 Å². The van der Waals surface area contributed by atoms with Gasteiger partial charge in [0.25, 0.3) is 0 Å². The molecule has 32 heavy (non-hydrogen) atoms. The molecular weight excluding hydrogens is 412 g/mol. The summed E-state index contributed by atoms with van der Waals surface area (Å²) >= 11 is 0. The smallest absolute Gasteiger partial charge is 0.387 e. The van der Waals surface area contributed by atoms with Crippen LogP contribution in [0.5, 0.6) is 5.75 Å². The van der Waals surface area contributed by atoms with Crippen molar-refractivity contribution >= 4 is 16.7 Å². The molecule has 0 unspecified atom stereocenters. The molecule has 0 aliphatic carbocycles. The second-order valence-electron chi connectivity index (χ2n) is 8.26. The van der Waals surface area contributed by atoms with Gasteiger partial charge in [0.15, 0.2) is 0 Å². The lowest BCUT2D eigenvalue weighted by molar-refractivity contribution is -0.136. The standard InChI is InChI=1S/C26H27F2NO3/c27-26(28)32-24-12-10-18(17-29-14-2-1-3-15-29)16-23(24)22-9-5-7-20-19(11-13-25(30)31)6-4-8-21(20)22/h4-10,12,16,26H,1-3,11,13-15,17H2,(H,30,31). The van der Waals surface area contributed by atoms with Crippen molar-refractivity contribution < 1.29 is 23.4 Å². The number of rotatable bonds is 8. The summed E-state index contributed by atoms with van der Waals surface area (Å²) in [5.41, 5.74) is 3.41. The number of aryl methyl sites for hydroxylation is 1. The highest BCUT2D eigenvalue weighted by atomic mass is 19.3. The fourth-order valence-corrected chi connectivity index (χ4v) is 4.53. The number of aliphatic carboxylic acids is 1. The quantitative estimate of drug-likeness (QED) is 0.460. The molecule has 1 aliphatic heterocycles. The minimum absolute atomic E-state index is 0.0361. The van der Waals surface area contributed by atoms with Crippen LogP contribution in [0.15, 0.2) is 54.6 Å². The first-order chi connectivity index (χ1) is 15.5. The number of hydrogen-bond donors (Lipinski definition) is 1. The van der Waals surface area contributed by atoms with Gasteiger partial charge in [-0.15, -0.1) is 0 Å². The molecule has 1 heterocycles. The number of carboxylic acid groups (broad SMARTS) is 1. The van der Waals surface area contributed by atoms with Gasteiger partial charge in [-0.1, -0.05) is 48.9 Å². The first-order valence-electron chi connectivity index (χ1n) is 11.0. The first kappa shape index (κ1) is 22.2. The monoisotopic (exact) mass is 439 g/mol. The van der Waals surface area contributed by atoms with E-state index in [2.05, 4.69) is 4.90 Å². The van der Waals surface area contributed by atoms with Crippen molar-refractivity contribution in [3.63, 3.8) is 0 Å². The minimum atomic E-state index is -2.91. The second-order valence-corrected chi connectivity index (χ2v) is 8.26. The Morgan fingerprint density at radius 3 is 2.47 bits per heavy atom. The average Bonchev–Trinajstić information content (AvgIpc) is 2.78. The van der Waals surface area contributed by atoms with Gasteiger partial charge in [0.2, 0.25) is 0 Å². The Hall–Kier alpha value is -2.99. The molecule has 0 saturated carbocycles. The molecule has 0 atom stereocenters. The van der Waals surface area contributed by atoms with Crippen LogP contribution in [-0.4, -0.2) is 35.7 Å². The summed E-state index contributed by atoms with van der Waals surface area (Å²) in [7, 11) is 0. The molecule has 6 heteroatoms. The van der Waals surface area contributed by atoms with E-state index in [4.69, 9.17) is 9.84 Å². The number of piperidine rings is 1. The lowest BCUT2D eigenvalue weighted by Crippen LogP contribution is -2.29. The number of carbonyl (C=O) groups is 1. The van der Waals surface area contributed by atoms with Crippen LogP contribution in [0, 0.1) is 0 Å². The number of fused-ring (bicyclic) bond motifs is 1. The van der Waals surface area contributed by atoms with E-state index >= 15 is 0 Å². The molecular formula is C26H27F2NO3. The summed E-state index contributed by atoms with van der Waals surface area (Å²) in [4.78, 5) is 13.4. The van der Waals surface area contributed by atoms with Gasteiger partial charge in [0, 0.05) is 18.5 Å². The van der Waals surface area contributed by atoms with Crippen molar-refractivity contribution in [2.75, 3.05) is 13.1 Å². The molecule has 0 amide bonds. The molecule has 3 aromatic carbocycles. The zero-order valence-corrected chi connectivity index (χ0v) is 17.9. The molecule has 3 aromatic rings. The molecule has 0 spiro atoms. The Kier molecular flexibility index (Phi) is 7.00. The Labute approximate surface area is 186 Å². The predicted molar refractivity (Wildman–Crippen MR) is 121 cm³/mol. The van der Waals surface area contributed by atoms with Crippen LogP contribution in [0.25, 0.3) is 21.9 Å². The number of ether oxygens (including phenoxy) is 1. The number of likely N-dealkylation sites (tertiary alicyclic amines) is 1. The van der Waals surface area contributed by atoms with Gasteiger partial charge < -0.3 is 9.84 Å².